The molecule has 0 saturated heterocycles. The van der Waals surface area contributed by atoms with Gasteiger partial charge >= 0.3 is 0 Å². The predicted molar refractivity (Wildman–Crippen MR) is 107 cm³/mol. The molecule has 0 amide bonds. The maximum absolute atomic E-state index is 5.24. The van der Waals surface area contributed by atoms with Gasteiger partial charge in [-0.1, -0.05) is 121 Å². The molecule has 0 aliphatic heterocycles. The molecule has 0 aliphatic carbocycles. The highest BCUT2D eigenvalue weighted by Crippen LogP contribution is 2.13. The summed E-state index contributed by atoms with van der Waals surface area (Å²) in [7, 11) is 0. The third kappa shape index (κ3) is 15.1. The van der Waals surface area contributed by atoms with Crippen molar-refractivity contribution in [3.05, 3.63) is 35.9 Å². The van der Waals surface area contributed by atoms with Gasteiger partial charge in [0.2, 0.25) is 0 Å². The molecule has 0 fully saturated rings. The molecule has 1 rings (SSSR count). The summed E-state index contributed by atoms with van der Waals surface area (Å²) in [4.78, 5) is 10.5. The van der Waals surface area contributed by atoms with E-state index in [1.807, 2.05) is 18.2 Å². The zero-order chi connectivity index (χ0) is 17.8. The molecule has 0 radical (unpaired) electrons. The average molecular weight is 349 g/mol. The van der Waals surface area contributed by atoms with Crippen LogP contribution in [0.1, 0.15) is 102 Å². The first-order chi connectivity index (χ1) is 12.4. The van der Waals surface area contributed by atoms with Crippen molar-refractivity contribution >= 4 is 0 Å². The first kappa shape index (κ1) is 22.2. The second kappa shape index (κ2) is 17.9. The Morgan fingerprint density at radius 3 is 1.56 bits per heavy atom. The summed E-state index contributed by atoms with van der Waals surface area (Å²) in [5, 5.41) is 0. The smallest absolute Gasteiger partial charge is 0.107 e. The molecular formula is C23H40O2. The van der Waals surface area contributed by atoms with Crippen LogP contribution in [0.2, 0.25) is 0 Å². The Hall–Kier alpha value is -0.860. The maximum atomic E-state index is 5.24. The molecule has 1 aromatic rings. The van der Waals surface area contributed by atoms with Gasteiger partial charge in [-0.15, -0.1) is 0 Å². The fraction of sp³-hybridized carbons (Fsp3) is 0.739. The number of hydrogen-bond donors (Lipinski definition) is 0. The highest BCUT2D eigenvalue weighted by Gasteiger charge is 1.95. The van der Waals surface area contributed by atoms with Crippen LogP contribution in [0.3, 0.4) is 0 Å². The Morgan fingerprint density at radius 2 is 1.04 bits per heavy atom. The molecule has 144 valence electrons. The second-order valence-corrected chi connectivity index (χ2v) is 7.17. The monoisotopic (exact) mass is 348 g/mol. The molecule has 2 nitrogen and oxygen atoms in total. The minimum absolute atomic E-state index is 0.541. The van der Waals surface area contributed by atoms with E-state index in [-0.39, 0.29) is 0 Å². The van der Waals surface area contributed by atoms with E-state index in [1.54, 1.807) is 0 Å². The summed E-state index contributed by atoms with van der Waals surface area (Å²) in [5.41, 5.74) is 1.16. The van der Waals surface area contributed by atoms with Crippen LogP contribution in [0, 0.1) is 0 Å². The Bertz CT molecular complexity index is 364. The summed E-state index contributed by atoms with van der Waals surface area (Å²) in [6, 6.07) is 10.2. The van der Waals surface area contributed by atoms with Crippen molar-refractivity contribution in [2.45, 2.75) is 103 Å². The van der Waals surface area contributed by atoms with Gasteiger partial charge in [-0.25, -0.2) is 9.78 Å². The minimum Gasteiger partial charge on any atom is -0.236 e. The minimum atomic E-state index is 0.541. The molecule has 0 atom stereocenters. The van der Waals surface area contributed by atoms with Gasteiger partial charge < -0.3 is 0 Å². The zero-order valence-corrected chi connectivity index (χ0v) is 16.5. The van der Waals surface area contributed by atoms with Gasteiger partial charge in [0.1, 0.15) is 6.61 Å². The Balaban J connectivity index is 1.69. The lowest BCUT2D eigenvalue weighted by atomic mass is 10.0. The molecular weight excluding hydrogens is 308 g/mol. The van der Waals surface area contributed by atoms with Crippen LogP contribution in [-0.4, -0.2) is 6.61 Å². The molecule has 2 heteroatoms. The summed E-state index contributed by atoms with van der Waals surface area (Å²) < 4.78 is 0. The molecule has 0 unspecified atom stereocenters. The molecule has 0 heterocycles. The summed E-state index contributed by atoms with van der Waals surface area (Å²) in [6.45, 7) is 3.54. The van der Waals surface area contributed by atoms with Crippen molar-refractivity contribution in [3.8, 4) is 0 Å². The van der Waals surface area contributed by atoms with Crippen molar-refractivity contribution in [3.63, 3.8) is 0 Å². The Morgan fingerprint density at radius 1 is 0.560 bits per heavy atom. The summed E-state index contributed by atoms with van der Waals surface area (Å²) in [6.07, 6.45) is 19.3. The highest BCUT2D eigenvalue weighted by atomic mass is 17.2. The number of hydrogen-bond acceptors (Lipinski definition) is 2. The van der Waals surface area contributed by atoms with Gasteiger partial charge in [0.05, 0.1) is 6.61 Å². The summed E-state index contributed by atoms with van der Waals surface area (Å²) >= 11 is 0. The van der Waals surface area contributed by atoms with Gasteiger partial charge in [-0.05, 0) is 12.0 Å². The van der Waals surface area contributed by atoms with Crippen molar-refractivity contribution in [2.75, 3.05) is 6.61 Å². The van der Waals surface area contributed by atoms with Gasteiger partial charge in [0, 0.05) is 0 Å². The van der Waals surface area contributed by atoms with Gasteiger partial charge in [-0.3, -0.25) is 0 Å². The maximum Gasteiger partial charge on any atom is 0.107 e. The van der Waals surface area contributed by atoms with Crippen molar-refractivity contribution in [1.82, 2.24) is 0 Å². The zero-order valence-electron chi connectivity index (χ0n) is 16.5. The van der Waals surface area contributed by atoms with Gasteiger partial charge in [0.25, 0.3) is 0 Å². The van der Waals surface area contributed by atoms with Gasteiger partial charge in [0.15, 0.2) is 0 Å². The SMILES string of the molecule is CCCCCCCCCCCCCCCCOOCc1ccccc1. The molecule has 0 N–H and O–H groups in total. The van der Waals surface area contributed by atoms with Crippen LogP contribution < -0.4 is 0 Å². The van der Waals surface area contributed by atoms with Gasteiger partial charge in [-0.2, -0.15) is 0 Å². The van der Waals surface area contributed by atoms with Crippen LogP contribution >= 0.6 is 0 Å². The van der Waals surface area contributed by atoms with Crippen LogP contribution in [-0.2, 0) is 16.4 Å². The third-order valence-corrected chi connectivity index (χ3v) is 4.73. The summed E-state index contributed by atoms with van der Waals surface area (Å²) in [5.74, 6) is 0. The van der Waals surface area contributed by atoms with E-state index in [0.29, 0.717) is 13.2 Å². The second-order valence-electron chi connectivity index (χ2n) is 7.17. The number of unbranched alkanes of at least 4 members (excludes halogenated alkanes) is 13. The molecule has 0 saturated carbocycles. The van der Waals surface area contributed by atoms with Crippen LogP contribution in [0.15, 0.2) is 30.3 Å². The van der Waals surface area contributed by atoms with E-state index < -0.39 is 0 Å². The molecule has 1 aromatic carbocycles. The fourth-order valence-electron chi connectivity index (χ4n) is 3.10. The number of benzene rings is 1. The van der Waals surface area contributed by atoms with E-state index >= 15 is 0 Å². The normalized spacial score (nSPS) is 11.1. The standard InChI is InChI=1S/C23H40O2/c1-2-3-4-5-6-7-8-9-10-11-12-13-14-18-21-24-25-22-23-19-16-15-17-20-23/h15-17,19-20H,2-14,18,21-22H2,1H3. The Kier molecular flexibility index (Phi) is 15.9. The van der Waals surface area contributed by atoms with Crippen LogP contribution in [0.5, 0.6) is 0 Å². The van der Waals surface area contributed by atoms with Crippen LogP contribution in [0.4, 0.5) is 0 Å². The topological polar surface area (TPSA) is 18.5 Å². The lowest BCUT2D eigenvalue weighted by Crippen LogP contribution is -1.97. The quantitative estimate of drug-likeness (QED) is 0.154. The molecule has 0 bridgehead atoms. The molecule has 0 spiro atoms. The van der Waals surface area contributed by atoms with E-state index in [9.17, 15) is 0 Å². The van der Waals surface area contributed by atoms with Crippen molar-refractivity contribution in [2.24, 2.45) is 0 Å². The first-order valence-electron chi connectivity index (χ1n) is 10.7. The predicted octanol–water partition coefficient (Wildman–Crippen LogP) is 7.62. The third-order valence-electron chi connectivity index (χ3n) is 4.73. The molecule has 0 aromatic heterocycles. The van der Waals surface area contributed by atoms with E-state index in [1.165, 1.54) is 83.5 Å². The fourth-order valence-corrected chi connectivity index (χ4v) is 3.10. The Labute approximate surface area is 156 Å². The van der Waals surface area contributed by atoms with E-state index in [0.717, 1.165) is 12.0 Å². The number of rotatable bonds is 18. The van der Waals surface area contributed by atoms with Crippen molar-refractivity contribution in [1.29, 1.82) is 0 Å². The average Bonchev–Trinajstić information content (AvgIpc) is 2.65. The first-order valence-corrected chi connectivity index (χ1v) is 10.7. The molecule has 0 aliphatic rings. The van der Waals surface area contributed by atoms with E-state index in [2.05, 4.69) is 19.1 Å². The lowest BCUT2D eigenvalue weighted by Gasteiger charge is -2.05. The molecule has 25 heavy (non-hydrogen) atoms. The van der Waals surface area contributed by atoms with Crippen LogP contribution in [0.25, 0.3) is 0 Å². The lowest BCUT2D eigenvalue weighted by molar-refractivity contribution is -0.304. The van der Waals surface area contributed by atoms with Crippen molar-refractivity contribution < 1.29 is 9.78 Å². The highest BCUT2D eigenvalue weighted by molar-refractivity contribution is 5.13. The van der Waals surface area contributed by atoms with E-state index in [4.69, 9.17) is 9.78 Å². The largest absolute Gasteiger partial charge is 0.236 e.